The molecule has 4 heteroatoms. The normalized spacial score (nSPS) is 22.1. The Morgan fingerprint density at radius 3 is 3.13 bits per heavy atom. The number of hydrogen-bond acceptors (Lipinski definition) is 4. The van der Waals surface area contributed by atoms with Crippen LogP contribution in [0.1, 0.15) is 23.9 Å². The molecule has 1 aromatic rings. The first-order valence-corrected chi connectivity index (χ1v) is 6.04. The van der Waals surface area contributed by atoms with E-state index in [4.69, 9.17) is 0 Å². The van der Waals surface area contributed by atoms with Crippen molar-refractivity contribution in [1.29, 1.82) is 0 Å². The van der Waals surface area contributed by atoms with Crippen LogP contribution in [0.15, 0.2) is 12.3 Å². The number of thiol groups is 1. The van der Waals surface area contributed by atoms with Gasteiger partial charge in [-0.15, -0.1) is 0 Å². The molecular weight excluding hydrogens is 206 g/mol. The fraction of sp³-hybridized carbons (Fsp3) is 0.636. The van der Waals surface area contributed by atoms with E-state index in [-0.39, 0.29) is 0 Å². The van der Waals surface area contributed by atoms with Crippen molar-refractivity contribution in [3.63, 3.8) is 0 Å². The first-order chi connectivity index (χ1) is 7.29. The zero-order chi connectivity index (χ0) is 10.7. The minimum Gasteiger partial charge on any atom is -0.306 e. The maximum Gasteiger partial charge on any atom is 0.129 e. The number of likely N-dealkylation sites (tertiary alicyclic amines) is 1. The molecule has 2 heterocycles. The molecule has 1 atom stereocenters. The topological polar surface area (TPSA) is 29.0 Å². The Morgan fingerprint density at radius 2 is 2.47 bits per heavy atom. The lowest BCUT2D eigenvalue weighted by Crippen LogP contribution is -2.14. The molecule has 15 heavy (non-hydrogen) atoms. The first kappa shape index (κ1) is 10.9. The standard InChI is InChI=1S/C11H17N3S/c1-14-6-3-9(8-14)10-2-5-12-11(13-10)4-7-15/h2,5,9,15H,3-4,6-8H2,1H3. The van der Waals surface area contributed by atoms with Crippen LogP contribution in [0.3, 0.4) is 0 Å². The van der Waals surface area contributed by atoms with Gasteiger partial charge >= 0.3 is 0 Å². The summed E-state index contributed by atoms with van der Waals surface area (Å²) in [6.07, 6.45) is 3.95. The average Bonchev–Trinajstić information content (AvgIpc) is 2.66. The highest BCUT2D eigenvalue weighted by atomic mass is 32.1. The molecule has 0 N–H and O–H groups in total. The van der Waals surface area contributed by atoms with Gasteiger partial charge in [-0.3, -0.25) is 0 Å². The fourth-order valence-corrected chi connectivity index (χ4v) is 2.24. The van der Waals surface area contributed by atoms with Gasteiger partial charge in [0.25, 0.3) is 0 Å². The molecule has 0 bridgehead atoms. The van der Waals surface area contributed by atoms with Crippen LogP contribution in [0, 0.1) is 0 Å². The van der Waals surface area contributed by atoms with Crippen LogP contribution >= 0.6 is 12.6 Å². The third-order valence-electron chi connectivity index (χ3n) is 2.87. The Morgan fingerprint density at radius 1 is 1.60 bits per heavy atom. The Hall–Kier alpha value is -0.610. The summed E-state index contributed by atoms with van der Waals surface area (Å²) < 4.78 is 0. The van der Waals surface area contributed by atoms with E-state index < -0.39 is 0 Å². The molecular formula is C11H17N3S. The van der Waals surface area contributed by atoms with Gasteiger partial charge in [0.2, 0.25) is 0 Å². The summed E-state index contributed by atoms with van der Waals surface area (Å²) in [6.45, 7) is 2.30. The zero-order valence-electron chi connectivity index (χ0n) is 9.06. The number of aryl methyl sites for hydroxylation is 1. The minimum absolute atomic E-state index is 0.594. The molecule has 1 aromatic heterocycles. The summed E-state index contributed by atoms with van der Waals surface area (Å²) in [5.41, 5.74) is 1.20. The van der Waals surface area contributed by atoms with Gasteiger partial charge in [-0.25, -0.2) is 9.97 Å². The van der Waals surface area contributed by atoms with Gasteiger partial charge in [-0.2, -0.15) is 12.6 Å². The highest BCUT2D eigenvalue weighted by Crippen LogP contribution is 2.24. The molecule has 0 radical (unpaired) electrons. The van der Waals surface area contributed by atoms with Crippen molar-refractivity contribution in [3.8, 4) is 0 Å². The van der Waals surface area contributed by atoms with Crippen molar-refractivity contribution in [3.05, 3.63) is 23.8 Å². The summed E-state index contributed by atoms with van der Waals surface area (Å²) in [4.78, 5) is 11.2. The van der Waals surface area contributed by atoms with E-state index in [2.05, 4.69) is 34.5 Å². The molecule has 82 valence electrons. The second kappa shape index (κ2) is 4.94. The molecule has 0 spiro atoms. The number of hydrogen-bond donors (Lipinski definition) is 1. The summed E-state index contributed by atoms with van der Waals surface area (Å²) in [5.74, 6) is 2.34. The zero-order valence-corrected chi connectivity index (χ0v) is 9.95. The smallest absolute Gasteiger partial charge is 0.129 e. The van der Waals surface area contributed by atoms with E-state index in [1.165, 1.54) is 18.7 Å². The maximum atomic E-state index is 4.59. The molecule has 2 rings (SSSR count). The van der Waals surface area contributed by atoms with Crippen LogP contribution in [-0.2, 0) is 6.42 Å². The van der Waals surface area contributed by atoms with Crippen molar-refractivity contribution in [2.75, 3.05) is 25.9 Å². The van der Waals surface area contributed by atoms with Crippen LogP contribution in [0.5, 0.6) is 0 Å². The molecule has 1 fully saturated rings. The van der Waals surface area contributed by atoms with E-state index in [1.54, 1.807) is 0 Å². The van der Waals surface area contributed by atoms with E-state index >= 15 is 0 Å². The Kier molecular flexibility index (Phi) is 3.59. The third-order valence-corrected chi connectivity index (χ3v) is 3.10. The highest BCUT2D eigenvalue weighted by Gasteiger charge is 2.22. The average molecular weight is 223 g/mol. The molecule has 1 aliphatic rings. The summed E-state index contributed by atoms with van der Waals surface area (Å²) in [5, 5.41) is 0. The largest absolute Gasteiger partial charge is 0.306 e. The van der Waals surface area contributed by atoms with Crippen LogP contribution in [0.4, 0.5) is 0 Å². The second-order valence-electron chi connectivity index (χ2n) is 4.12. The number of rotatable bonds is 3. The second-order valence-corrected chi connectivity index (χ2v) is 4.57. The van der Waals surface area contributed by atoms with E-state index in [0.29, 0.717) is 5.92 Å². The first-order valence-electron chi connectivity index (χ1n) is 5.41. The molecule has 0 aliphatic carbocycles. The monoisotopic (exact) mass is 223 g/mol. The van der Waals surface area contributed by atoms with Crippen molar-refractivity contribution < 1.29 is 0 Å². The van der Waals surface area contributed by atoms with Crippen molar-refractivity contribution >= 4 is 12.6 Å². The van der Waals surface area contributed by atoms with E-state index in [0.717, 1.165) is 24.5 Å². The Labute approximate surface area is 96.3 Å². The lowest BCUT2D eigenvalue weighted by molar-refractivity contribution is 0.410. The van der Waals surface area contributed by atoms with Crippen LogP contribution < -0.4 is 0 Å². The lowest BCUT2D eigenvalue weighted by Gasteiger charge is -2.10. The number of likely N-dealkylation sites (N-methyl/N-ethyl adjacent to an activating group) is 1. The van der Waals surface area contributed by atoms with Gasteiger partial charge in [0.15, 0.2) is 0 Å². The van der Waals surface area contributed by atoms with Gasteiger partial charge in [0, 0.05) is 30.8 Å². The summed E-state index contributed by atoms with van der Waals surface area (Å²) in [6, 6.07) is 2.05. The van der Waals surface area contributed by atoms with Crippen molar-refractivity contribution in [2.45, 2.75) is 18.8 Å². The van der Waals surface area contributed by atoms with Crippen LogP contribution in [0.25, 0.3) is 0 Å². The van der Waals surface area contributed by atoms with Crippen molar-refractivity contribution in [2.24, 2.45) is 0 Å². The minimum atomic E-state index is 0.594. The van der Waals surface area contributed by atoms with Gasteiger partial charge in [0.1, 0.15) is 5.82 Å². The van der Waals surface area contributed by atoms with Crippen LogP contribution in [-0.4, -0.2) is 40.8 Å². The molecule has 0 aromatic carbocycles. The molecule has 1 aliphatic heterocycles. The number of nitrogens with zero attached hydrogens (tertiary/aromatic N) is 3. The molecule has 1 saturated heterocycles. The van der Waals surface area contributed by atoms with Crippen LogP contribution in [0.2, 0.25) is 0 Å². The molecule has 0 saturated carbocycles. The molecule has 0 amide bonds. The highest BCUT2D eigenvalue weighted by molar-refractivity contribution is 7.80. The molecule has 3 nitrogen and oxygen atoms in total. The van der Waals surface area contributed by atoms with Gasteiger partial charge in [-0.05, 0) is 31.8 Å². The van der Waals surface area contributed by atoms with Gasteiger partial charge in [0.05, 0.1) is 0 Å². The fourth-order valence-electron chi connectivity index (χ4n) is 2.04. The Balaban J connectivity index is 2.10. The third kappa shape index (κ3) is 2.69. The predicted molar refractivity (Wildman–Crippen MR) is 64.4 cm³/mol. The quantitative estimate of drug-likeness (QED) is 0.785. The predicted octanol–water partition coefficient (Wildman–Crippen LogP) is 1.37. The maximum absolute atomic E-state index is 4.59. The Bertz CT molecular complexity index is 329. The van der Waals surface area contributed by atoms with E-state index in [9.17, 15) is 0 Å². The number of aromatic nitrogens is 2. The van der Waals surface area contributed by atoms with Gasteiger partial charge in [-0.1, -0.05) is 0 Å². The SMILES string of the molecule is CN1CCC(c2ccnc(CCS)n2)C1. The van der Waals surface area contributed by atoms with Gasteiger partial charge < -0.3 is 4.90 Å². The molecule has 1 unspecified atom stereocenters. The lowest BCUT2D eigenvalue weighted by atomic mass is 10.0. The summed E-state index contributed by atoms with van der Waals surface area (Å²) in [7, 11) is 2.16. The summed E-state index contributed by atoms with van der Waals surface area (Å²) >= 11 is 4.20. The van der Waals surface area contributed by atoms with E-state index in [1.807, 2.05) is 12.3 Å². The van der Waals surface area contributed by atoms with Crippen molar-refractivity contribution in [1.82, 2.24) is 14.9 Å².